The minimum atomic E-state index is 0.0366. The molecule has 1 N–H and O–H groups in total. The van der Waals surface area contributed by atoms with Crippen molar-refractivity contribution in [1.29, 1.82) is 0 Å². The van der Waals surface area contributed by atoms with E-state index >= 15 is 0 Å². The van der Waals surface area contributed by atoms with Crippen LogP contribution in [0.25, 0.3) is 0 Å². The number of pyridine rings is 1. The zero-order valence-electron chi connectivity index (χ0n) is 9.54. The Balaban J connectivity index is 2.00. The first-order chi connectivity index (χ1) is 7.78. The van der Waals surface area contributed by atoms with Crippen molar-refractivity contribution in [3.63, 3.8) is 0 Å². The largest absolute Gasteiger partial charge is 0.329 e. The molecule has 0 saturated carbocycles. The van der Waals surface area contributed by atoms with Crippen LogP contribution in [0.2, 0.25) is 0 Å². The molecule has 3 rings (SSSR count). The number of aromatic nitrogens is 1. The number of aromatic amines is 1. The lowest BCUT2D eigenvalue weighted by molar-refractivity contribution is 0.0941. The third-order valence-electron chi connectivity index (χ3n) is 4.17. The Kier molecular flexibility index (Phi) is 2.36. The van der Waals surface area contributed by atoms with Gasteiger partial charge in [-0.1, -0.05) is 0 Å². The standard InChI is InChI=1S/C13H18N2O/c16-12-9-11(3-6-14-12)13-4-1-7-15(10-13)8-2-5-13/h3,6,9H,1-2,4-5,7-8,10H2,(H,14,16). The Labute approximate surface area is 95.5 Å². The second-order valence-corrected chi connectivity index (χ2v) is 5.21. The second-order valence-electron chi connectivity index (χ2n) is 5.21. The highest BCUT2D eigenvalue weighted by molar-refractivity contribution is 5.25. The maximum atomic E-state index is 11.4. The maximum Gasteiger partial charge on any atom is 0.248 e. The van der Waals surface area contributed by atoms with Gasteiger partial charge in [0.2, 0.25) is 5.56 Å². The zero-order valence-corrected chi connectivity index (χ0v) is 9.54. The van der Waals surface area contributed by atoms with Crippen molar-refractivity contribution in [3.8, 4) is 0 Å². The summed E-state index contributed by atoms with van der Waals surface area (Å²) in [5.41, 5.74) is 1.56. The average Bonchev–Trinajstić information content (AvgIpc) is 2.29. The van der Waals surface area contributed by atoms with Crippen molar-refractivity contribution < 1.29 is 0 Å². The minimum Gasteiger partial charge on any atom is -0.329 e. The van der Waals surface area contributed by atoms with Crippen molar-refractivity contribution in [1.82, 2.24) is 9.88 Å². The molecule has 2 saturated heterocycles. The summed E-state index contributed by atoms with van der Waals surface area (Å²) >= 11 is 0. The fourth-order valence-corrected chi connectivity index (χ4v) is 3.42. The molecule has 0 atom stereocenters. The van der Waals surface area contributed by atoms with Gasteiger partial charge in [-0.25, -0.2) is 0 Å². The van der Waals surface area contributed by atoms with Gasteiger partial charge in [0, 0.05) is 24.2 Å². The van der Waals surface area contributed by atoms with Crippen molar-refractivity contribution in [2.24, 2.45) is 0 Å². The number of nitrogens with one attached hydrogen (secondary N) is 1. The average molecular weight is 218 g/mol. The molecule has 86 valence electrons. The number of fused-ring (bicyclic) bond motifs is 2. The Bertz CT molecular complexity index is 428. The summed E-state index contributed by atoms with van der Waals surface area (Å²) < 4.78 is 0. The Morgan fingerprint density at radius 2 is 2.00 bits per heavy atom. The van der Waals surface area contributed by atoms with E-state index in [4.69, 9.17) is 0 Å². The molecule has 3 heterocycles. The number of hydrogen-bond acceptors (Lipinski definition) is 2. The fourth-order valence-electron chi connectivity index (χ4n) is 3.42. The van der Waals surface area contributed by atoms with Crippen LogP contribution in [-0.4, -0.2) is 29.5 Å². The molecule has 3 heteroatoms. The molecule has 0 amide bonds. The van der Waals surface area contributed by atoms with Crippen LogP contribution in [0.3, 0.4) is 0 Å². The second kappa shape index (κ2) is 3.74. The summed E-state index contributed by atoms with van der Waals surface area (Å²) in [7, 11) is 0. The van der Waals surface area contributed by atoms with E-state index in [1.54, 1.807) is 12.3 Å². The maximum absolute atomic E-state index is 11.4. The van der Waals surface area contributed by atoms with Gasteiger partial charge in [0.25, 0.3) is 0 Å². The first kappa shape index (κ1) is 10.1. The van der Waals surface area contributed by atoms with Crippen LogP contribution in [0.15, 0.2) is 23.1 Å². The van der Waals surface area contributed by atoms with Crippen LogP contribution in [0.1, 0.15) is 31.2 Å². The highest BCUT2D eigenvalue weighted by atomic mass is 16.1. The lowest BCUT2D eigenvalue weighted by atomic mass is 9.69. The van der Waals surface area contributed by atoms with Gasteiger partial charge < -0.3 is 9.88 Å². The summed E-state index contributed by atoms with van der Waals surface area (Å²) in [6.45, 7) is 3.63. The Morgan fingerprint density at radius 1 is 1.25 bits per heavy atom. The molecule has 0 unspecified atom stereocenters. The number of rotatable bonds is 1. The summed E-state index contributed by atoms with van der Waals surface area (Å²) in [6, 6.07) is 3.89. The van der Waals surface area contributed by atoms with Crippen LogP contribution in [0.4, 0.5) is 0 Å². The van der Waals surface area contributed by atoms with E-state index in [0.717, 1.165) is 6.54 Å². The molecular formula is C13H18N2O. The smallest absolute Gasteiger partial charge is 0.248 e. The summed E-state index contributed by atoms with van der Waals surface area (Å²) in [5, 5.41) is 0. The molecule has 16 heavy (non-hydrogen) atoms. The van der Waals surface area contributed by atoms with E-state index in [-0.39, 0.29) is 11.0 Å². The molecular weight excluding hydrogens is 200 g/mol. The molecule has 2 bridgehead atoms. The van der Waals surface area contributed by atoms with Gasteiger partial charge in [-0.3, -0.25) is 4.79 Å². The quantitative estimate of drug-likeness (QED) is 0.775. The monoisotopic (exact) mass is 218 g/mol. The van der Waals surface area contributed by atoms with E-state index < -0.39 is 0 Å². The summed E-state index contributed by atoms with van der Waals surface area (Å²) in [5.74, 6) is 0. The van der Waals surface area contributed by atoms with Crippen LogP contribution in [0, 0.1) is 0 Å². The van der Waals surface area contributed by atoms with Gasteiger partial charge >= 0.3 is 0 Å². The van der Waals surface area contributed by atoms with E-state index in [1.807, 2.05) is 0 Å². The van der Waals surface area contributed by atoms with Gasteiger partial charge in [0.1, 0.15) is 0 Å². The van der Waals surface area contributed by atoms with Crippen LogP contribution >= 0.6 is 0 Å². The molecule has 0 aromatic carbocycles. The minimum absolute atomic E-state index is 0.0366. The molecule has 2 aliphatic heterocycles. The number of piperidine rings is 2. The van der Waals surface area contributed by atoms with Crippen molar-refractivity contribution in [3.05, 3.63) is 34.2 Å². The molecule has 1 aromatic heterocycles. The SMILES string of the molecule is O=c1cc(C23CCCN(CCC2)C3)cc[nH]1. The third kappa shape index (κ3) is 1.59. The topological polar surface area (TPSA) is 36.1 Å². The molecule has 3 nitrogen and oxygen atoms in total. The first-order valence-corrected chi connectivity index (χ1v) is 6.20. The number of hydrogen-bond donors (Lipinski definition) is 1. The van der Waals surface area contributed by atoms with E-state index in [2.05, 4.69) is 16.0 Å². The highest BCUT2D eigenvalue weighted by Gasteiger charge is 2.39. The predicted octanol–water partition coefficient (Wildman–Crippen LogP) is 1.50. The third-order valence-corrected chi connectivity index (χ3v) is 4.17. The van der Waals surface area contributed by atoms with Crippen molar-refractivity contribution in [2.45, 2.75) is 31.1 Å². The van der Waals surface area contributed by atoms with E-state index in [1.165, 1.54) is 44.3 Å². The molecule has 0 aliphatic carbocycles. The lowest BCUT2D eigenvalue weighted by Crippen LogP contribution is -2.50. The fraction of sp³-hybridized carbons (Fsp3) is 0.615. The number of nitrogens with zero attached hydrogens (tertiary/aromatic N) is 1. The van der Waals surface area contributed by atoms with E-state index in [0.29, 0.717) is 0 Å². The van der Waals surface area contributed by atoms with Crippen molar-refractivity contribution >= 4 is 0 Å². The normalized spacial score (nSPS) is 33.6. The van der Waals surface area contributed by atoms with Crippen molar-refractivity contribution in [2.75, 3.05) is 19.6 Å². The van der Waals surface area contributed by atoms with Gasteiger partial charge in [-0.15, -0.1) is 0 Å². The Morgan fingerprint density at radius 3 is 2.69 bits per heavy atom. The zero-order chi connectivity index (χ0) is 11.0. The van der Waals surface area contributed by atoms with Gasteiger partial charge in [0.05, 0.1) is 0 Å². The molecule has 2 aliphatic rings. The lowest BCUT2D eigenvalue weighted by Gasteiger charge is -2.47. The number of H-pyrrole nitrogens is 1. The summed E-state index contributed by atoms with van der Waals surface area (Å²) in [6.07, 6.45) is 6.82. The van der Waals surface area contributed by atoms with Crippen LogP contribution in [-0.2, 0) is 5.41 Å². The molecule has 0 spiro atoms. The van der Waals surface area contributed by atoms with Gasteiger partial charge in [-0.2, -0.15) is 0 Å². The molecule has 1 aromatic rings. The molecule has 0 radical (unpaired) electrons. The Hall–Kier alpha value is -1.09. The van der Waals surface area contributed by atoms with E-state index in [9.17, 15) is 4.79 Å². The van der Waals surface area contributed by atoms with Crippen LogP contribution < -0.4 is 5.56 Å². The van der Waals surface area contributed by atoms with Crippen LogP contribution in [0.5, 0.6) is 0 Å². The molecule has 2 fully saturated rings. The summed E-state index contributed by atoms with van der Waals surface area (Å²) in [4.78, 5) is 16.7. The van der Waals surface area contributed by atoms with Gasteiger partial charge in [-0.05, 0) is 50.4 Å². The highest BCUT2D eigenvalue weighted by Crippen LogP contribution is 2.40. The predicted molar refractivity (Wildman–Crippen MR) is 63.6 cm³/mol. The first-order valence-electron chi connectivity index (χ1n) is 6.20. The van der Waals surface area contributed by atoms with Gasteiger partial charge in [0.15, 0.2) is 0 Å².